The lowest BCUT2D eigenvalue weighted by molar-refractivity contribution is 0.100. The Morgan fingerprint density at radius 3 is 2.71 bits per heavy atom. The highest BCUT2D eigenvalue weighted by molar-refractivity contribution is 9.10. The first-order valence-corrected chi connectivity index (χ1v) is 8.46. The van der Waals surface area contributed by atoms with Crippen molar-refractivity contribution in [2.75, 3.05) is 31.1 Å². The number of carbonyl (C=O) groups is 1. The summed E-state index contributed by atoms with van der Waals surface area (Å²) in [7, 11) is 0. The normalized spacial score (nSPS) is 15.9. The maximum Gasteiger partial charge on any atom is 0.248 e. The van der Waals surface area contributed by atoms with Gasteiger partial charge in [-0.3, -0.25) is 4.79 Å². The molecule has 1 aromatic carbocycles. The molecule has 1 aliphatic heterocycles. The Bertz CT molecular complexity index is 486. The number of nitrogens with zero attached hydrogens (tertiary/aromatic N) is 1. The number of halogens is 1. The average molecular weight is 354 g/mol. The van der Waals surface area contributed by atoms with E-state index in [0.29, 0.717) is 5.56 Å². The van der Waals surface area contributed by atoms with E-state index >= 15 is 0 Å². The first kappa shape index (κ1) is 16.3. The van der Waals surface area contributed by atoms with Gasteiger partial charge in [-0.25, -0.2) is 0 Å². The largest absolute Gasteiger partial charge is 0.370 e. The second-order valence-electron chi connectivity index (χ2n) is 5.67. The molecule has 1 heterocycles. The summed E-state index contributed by atoms with van der Waals surface area (Å²) in [6.45, 7) is 6.53. The first-order valence-electron chi connectivity index (χ1n) is 7.66. The third-order valence-electron chi connectivity index (χ3n) is 4.00. The summed E-state index contributed by atoms with van der Waals surface area (Å²) in [4.78, 5) is 13.7. The molecule has 0 bridgehead atoms. The average Bonchev–Trinajstić information content (AvgIpc) is 2.48. The molecule has 1 aliphatic rings. The fraction of sp³-hybridized carbons (Fsp3) is 0.562. The van der Waals surface area contributed by atoms with Crippen LogP contribution in [-0.4, -0.2) is 32.1 Å². The number of piperidine rings is 1. The van der Waals surface area contributed by atoms with Crippen LogP contribution in [0.25, 0.3) is 0 Å². The van der Waals surface area contributed by atoms with Gasteiger partial charge in [0.25, 0.3) is 0 Å². The molecular formula is C16H24BrN3O. The van der Waals surface area contributed by atoms with E-state index < -0.39 is 0 Å². The summed E-state index contributed by atoms with van der Waals surface area (Å²) < 4.78 is 0.946. The molecule has 21 heavy (non-hydrogen) atoms. The number of hydrogen-bond acceptors (Lipinski definition) is 3. The van der Waals surface area contributed by atoms with Gasteiger partial charge in [-0.1, -0.05) is 6.92 Å². The van der Waals surface area contributed by atoms with Gasteiger partial charge in [-0.15, -0.1) is 0 Å². The Morgan fingerprint density at radius 2 is 2.14 bits per heavy atom. The van der Waals surface area contributed by atoms with Crippen LogP contribution in [-0.2, 0) is 0 Å². The van der Waals surface area contributed by atoms with Crippen LogP contribution in [0.5, 0.6) is 0 Å². The Balaban J connectivity index is 2.14. The molecule has 1 aromatic rings. The number of nitrogens with two attached hydrogens (primary N) is 1. The Hall–Kier alpha value is -1.07. The van der Waals surface area contributed by atoms with Gasteiger partial charge in [0.2, 0.25) is 5.91 Å². The zero-order chi connectivity index (χ0) is 15.2. The summed E-state index contributed by atoms with van der Waals surface area (Å²) in [5.74, 6) is 0.350. The van der Waals surface area contributed by atoms with Crippen molar-refractivity contribution in [3.8, 4) is 0 Å². The topological polar surface area (TPSA) is 58.4 Å². The van der Waals surface area contributed by atoms with Crippen LogP contribution in [0, 0.1) is 5.92 Å². The van der Waals surface area contributed by atoms with E-state index in [9.17, 15) is 4.79 Å². The van der Waals surface area contributed by atoms with E-state index in [1.165, 1.54) is 12.8 Å². The van der Waals surface area contributed by atoms with Gasteiger partial charge in [-0.2, -0.15) is 0 Å². The molecule has 0 unspecified atom stereocenters. The maximum absolute atomic E-state index is 11.3. The summed E-state index contributed by atoms with van der Waals surface area (Å²) >= 11 is 3.59. The van der Waals surface area contributed by atoms with E-state index in [4.69, 9.17) is 5.73 Å². The number of nitrogens with one attached hydrogen (secondary N) is 1. The molecule has 116 valence electrons. The fourth-order valence-corrected chi connectivity index (χ4v) is 3.50. The minimum atomic E-state index is -0.386. The van der Waals surface area contributed by atoms with Crippen LogP contribution in [0.2, 0.25) is 0 Å². The van der Waals surface area contributed by atoms with Crippen molar-refractivity contribution in [3.63, 3.8) is 0 Å². The zero-order valence-corrected chi connectivity index (χ0v) is 14.2. The molecule has 0 radical (unpaired) electrons. The van der Waals surface area contributed by atoms with Crippen molar-refractivity contribution in [1.82, 2.24) is 5.32 Å². The van der Waals surface area contributed by atoms with Gasteiger partial charge in [0, 0.05) is 23.1 Å². The zero-order valence-electron chi connectivity index (χ0n) is 12.6. The lowest BCUT2D eigenvalue weighted by atomic mass is 9.97. The highest BCUT2D eigenvalue weighted by Crippen LogP contribution is 2.29. The van der Waals surface area contributed by atoms with Crippen LogP contribution in [0.3, 0.4) is 0 Å². The number of benzene rings is 1. The lowest BCUT2D eigenvalue weighted by Gasteiger charge is -2.32. The summed E-state index contributed by atoms with van der Waals surface area (Å²) in [5, 5.41) is 3.41. The highest BCUT2D eigenvalue weighted by atomic mass is 79.9. The van der Waals surface area contributed by atoms with Crippen LogP contribution in [0.4, 0.5) is 5.69 Å². The monoisotopic (exact) mass is 353 g/mol. The molecule has 0 spiro atoms. The third kappa shape index (κ3) is 4.45. The smallest absolute Gasteiger partial charge is 0.248 e. The number of hydrogen-bond donors (Lipinski definition) is 2. The van der Waals surface area contributed by atoms with Crippen molar-refractivity contribution in [3.05, 3.63) is 28.2 Å². The Morgan fingerprint density at radius 1 is 1.43 bits per heavy atom. The molecule has 2 rings (SSSR count). The SMILES string of the molecule is CCCN(CC1CCNCC1)c1ccc(C(N)=O)cc1Br. The molecule has 5 heteroatoms. The molecule has 0 saturated carbocycles. The van der Waals surface area contributed by atoms with Gasteiger partial charge in [0.1, 0.15) is 0 Å². The minimum Gasteiger partial charge on any atom is -0.370 e. The number of amides is 1. The van der Waals surface area contributed by atoms with E-state index in [2.05, 4.69) is 33.1 Å². The fourth-order valence-electron chi connectivity index (χ4n) is 2.87. The van der Waals surface area contributed by atoms with Crippen LogP contribution in [0.1, 0.15) is 36.5 Å². The molecule has 1 amide bonds. The predicted molar refractivity (Wildman–Crippen MR) is 90.8 cm³/mol. The number of primary amides is 1. The van der Waals surface area contributed by atoms with Crippen molar-refractivity contribution >= 4 is 27.5 Å². The van der Waals surface area contributed by atoms with Crippen molar-refractivity contribution in [2.24, 2.45) is 11.7 Å². The lowest BCUT2D eigenvalue weighted by Crippen LogP contribution is -2.36. The molecule has 3 N–H and O–H groups in total. The third-order valence-corrected chi connectivity index (χ3v) is 4.64. The summed E-state index contributed by atoms with van der Waals surface area (Å²) in [6.07, 6.45) is 3.57. The molecule has 0 aromatic heterocycles. The second-order valence-corrected chi connectivity index (χ2v) is 6.52. The van der Waals surface area contributed by atoms with E-state index in [1.54, 1.807) is 0 Å². The molecule has 0 atom stereocenters. The van der Waals surface area contributed by atoms with Crippen LogP contribution in [0.15, 0.2) is 22.7 Å². The minimum absolute atomic E-state index is 0.386. The van der Waals surface area contributed by atoms with Gasteiger partial charge in [0.15, 0.2) is 0 Å². The quantitative estimate of drug-likeness (QED) is 0.826. The molecule has 0 aliphatic carbocycles. The van der Waals surface area contributed by atoms with Gasteiger partial charge in [-0.05, 0) is 72.4 Å². The van der Waals surface area contributed by atoms with Gasteiger partial charge < -0.3 is 16.0 Å². The van der Waals surface area contributed by atoms with Crippen molar-refractivity contribution in [1.29, 1.82) is 0 Å². The van der Waals surface area contributed by atoms with Crippen molar-refractivity contribution in [2.45, 2.75) is 26.2 Å². The second kappa shape index (κ2) is 7.80. The number of carbonyl (C=O) groups excluding carboxylic acids is 1. The molecular weight excluding hydrogens is 330 g/mol. The van der Waals surface area contributed by atoms with Crippen LogP contribution >= 0.6 is 15.9 Å². The highest BCUT2D eigenvalue weighted by Gasteiger charge is 2.18. The Kier molecular flexibility index (Phi) is 6.06. The summed E-state index contributed by atoms with van der Waals surface area (Å²) in [6, 6.07) is 5.64. The van der Waals surface area contributed by atoms with Gasteiger partial charge >= 0.3 is 0 Å². The Labute approximate surface area is 135 Å². The number of rotatable bonds is 6. The molecule has 1 fully saturated rings. The number of anilines is 1. The predicted octanol–water partition coefficient (Wildman–Crippen LogP) is 2.76. The van der Waals surface area contributed by atoms with E-state index in [-0.39, 0.29) is 5.91 Å². The van der Waals surface area contributed by atoms with Crippen LogP contribution < -0.4 is 16.0 Å². The van der Waals surface area contributed by atoms with E-state index in [1.807, 2.05) is 18.2 Å². The van der Waals surface area contributed by atoms with E-state index in [0.717, 1.165) is 48.7 Å². The summed E-state index contributed by atoms with van der Waals surface area (Å²) in [5.41, 5.74) is 7.04. The molecule has 1 saturated heterocycles. The molecule has 4 nitrogen and oxygen atoms in total. The maximum atomic E-state index is 11.3. The standard InChI is InChI=1S/C16H24BrN3O/c1-2-9-20(11-12-5-7-19-8-6-12)15-4-3-13(16(18)21)10-14(15)17/h3-4,10,12,19H,2,5-9,11H2,1H3,(H2,18,21). The van der Waals surface area contributed by atoms with Gasteiger partial charge in [0.05, 0.1) is 5.69 Å². The first-order chi connectivity index (χ1) is 10.1. The van der Waals surface area contributed by atoms with Crippen molar-refractivity contribution < 1.29 is 4.79 Å².